The third kappa shape index (κ3) is 8.53. The van der Waals surface area contributed by atoms with Crippen molar-refractivity contribution in [3.63, 3.8) is 0 Å². The van der Waals surface area contributed by atoms with Crippen molar-refractivity contribution in [2.75, 3.05) is 49.5 Å². The molecule has 0 bridgehead atoms. The summed E-state index contributed by atoms with van der Waals surface area (Å²) in [6.45, 7) is 7.39. The molecule has 12 heteroatoms. The van der Waals surface area contributed by atoms with Gasteiger partial charge < -0.3 is 30.5 Å². The predicted molar refractivity (Wildman–Crippen MR) is 156 cm³/mol. The summed E-state index contributed by atoms with van der Waals surface area (Å²) >= 11 is 0. The highest BCUT2D eigenvalue weighted by Crippen LogP contribution is 2.27. The number of aromatic nitrogens is 1. The molecule has 0 radical (unpaired) electrons. The van der Waals surface area contributed by atoms with Gasteiger partial charge in [0.1, 0.15) is 23.8 Å². The summed E-state index contributed by atoms with van der Waals surface area (Å²) in [5, 5.41) is 8.47. The molecule has 4 rings (SSSR count). The first-order valence-electron chi connectivity index (χ1n) is 14.5. The van der Waals surface area contributed by atoms with Crippen molar-refractivity contribution >= 4 is 29.5 Å². The monoisotopic (exact) mass is 586 g/mol. The van der Waals surface area contributed by atoms with E-state index in [1.54, 1.807) is 31.7 Å². The summed E-state index contributed by atoms with van der Waals surface area (Å²) in [6.07, 6.45) is 3.12. The number of pyridine rings is 1. The third-order valence-electron chi connectivity index (χ3n) is 7.18. The average molecular weight is 587 g/mol. The number of nitrogens with one attached hydrogen (secondary N) is 3. The fraction of sp³-hybridized carbons (Fsp3) is 0.533. The van der Waals surface area contributed by atoms with Crippen LogP contribution in [-0.2, 0) is 16.0 Å². The first-order valence-corrected chi connectivity index (χ1v) is 14.5. The fourth-order valence-electron chi connectivity index (χ4n) is 5.20. The molecule has 1 aromatic carbocycles. The number of rotatable bonds is 10. The Kier molecular flexibility index (Phi) is 10.2. The van der Waals surface area contributed by atoms with Crippen LogP contribution < -0.4 is 20.9 Å². The van der Waals surface area contributed by atoms with Gasteiger partial charge in [0.25, 0.3) is 5.91 Å². The lowest BCUT2D eigenvalue weighted by Gasteiger charge is -2.26. The molecule has 2 aliphatic rings. The van der Waals surface area contributed by atoms with E-state index in [0.29, 0.717) is 39.0 Å². The zero-order valence-corrected chi connectivity index (χ0v) is 24.5. The van der Waals surface area contributed by atoms with Crippen LogP contribution in [0.4, 0.5) is 25.2 Å². The molecule has 2 fully saturated rings. The Labute approximate surface area is 245 Å². The molecule has 1 atom stereocenters. The normalized spacial score (nSPS) is 16.8. The Balaban J connectivity index is 1.40. The van der Waals surface area contributed by atoms with Gasteiger partial charge in [-0.05, 0) is 76.6 Å². The summed E-state index contributed by atoms with van der Waals surface area (Å²) in [4.78, 5) is 46.1. The molecule has 1 aromatic heterocycles. The molecule has 0 saturated carbocycles. The lowest BCUT2D eigenvalue weighted by atomic mass is 10.1. The molecule has 3 amide bonds. The molecular weight excluding hydrogens is 546 g/mol. The fourth-order valence-corrected chi connectivity index (χ4v) is 5.20. The molecule has 0 spiro atoms. The molecule has 42 heavy (non-hydrogen) atoms. The minimum Gasteiger partial charge on any atom is -0.444 e. The molecule has 3 heterocycles. The Bertz CT molecular complexity index is 1280. The van der Waals surface area contributed by atoms with E-state index in [0.717, 1.165) is 24.8 Å². The van der Waals surface area contributed by atoms with Gasteiger partial charge in [0.05, 0.1) is 5.56 Å². The number of nitrogens with zero attached hydrogens (tertiary/aromatic N) is 3. The van der Waals surface area contributed by atoms with Gasteiger partial charge in [-0.3, -0.25) is 9.59 Å². The van der Waals surface area contributed by atoms with Gasteiger partial charge in [0.15, 0.2) is 11.6 Å². The first kappa shape index (κ1) is 31.0. The van der Waals surface area contributed by atoms with Crippen LogP contribution in [0, 0.1) is 11.6 Å². The molecule has 2 aromatic rings. The molecule has 0 aliphatic carbocycles. The lowest BCUT2D eigenvalue weighted by molar-refractivity contribution is -0.131. The van der Waals surface area contributed by atoms with Gasteiger partial charge in [-0.1, -0.05) is 12.1 Å². The van der Waals surface area contributed by atoms with Crippen molar-refractivity contribution in [3.05, 3.63) is 53.1 Å². The number of hydrogen-bond donors (Lipinski definition) is 3. The van der Waals surface area contributed by atoms with Crippen LogP contribution in [0.3, 0.4) is 0 Å². The zero-order chi connectivity index (χ0) is 30.3. The number of carbonyl (C=O) groups excluding carboxylic acids is 3. The van der Waals surface area contributed by atoms with Gasteiger partial charge in [-0.2, -0.15) is 0 Å². The minimum atomic E-state index is -0.679. The minimum absolute atomic E-state index is 0.0529. The second kappa shape index (κ2) is 13.8. The van der Waals surface area contributed by atoms with Crippen molar-refractivity contribution in [1.29, 1.82) is 0 Å². The van der Waals surface area contributed by atoms with E-state index in [2.05, 4.69) is 20.9 Å². The van der Waals surface area contributed by atoms with Gasteiger partial charge in [0.2, 0.25) is 5.91 Å². The number of hydrogen-bond acceptors (Lipinski definition) is 7. The highest BCUT2D eigenvalue weighted by Gasteiger charge is 2.30. The average Bonchev–Trinajstić information content (AvgIpc) is 3.63. The van der Waals surface area contributed by atoms with Crippen LogP contribution in [0.5, 0.6) is 0 Å². The van der Waals surface area contributed by atoms with Crippen LogP contribution in [0.25, 0.3) is 0 Å². The van der Waals surface area contributed by atoms with Crippen molar-refractivity contribution < 1.29 is 27.9 Å². The van der Waals surface area contributed by atoms with Gasteiger partial charge in [0, 0.05) is 38.8 Å². The summed E-state index contributed by atoms with van der Waals surface area (Å²) in [5.41, 5.74) is 0.154. The Morgan fingerprint density at radius 1 is 1.05 bits per heavy atom. The molecule has 228 valence electrons. The number of anilines is 2. The van der Waals surface area contributed by atoms with Crippen LogP contribution in [0.1, 0.15) is 62.4 Å². The lowest BCUT2D eigenvalue weighted by Crippen LogP contribution is -2.47. The van der Waals surface area contributed by atoms with Crippen LogP contribution >= 0.6 is 0 Å². The Hall–Kier alpha value is -3.96. The quantitative estimate of drug-likeness (QED) is 0.387. The predicted octanol–water partition coefficient (Wildman–Crippen LogP) is 3.86. The number of alkyl carbamates (subject to hydrolysis) is 1. The summed E-state index contributed by atoms with van der Waals surface area (Å²) in [6, 6.07) is 7.19. The number of benzene rings is 1. The molecule has 3 N–H and O–H groups in total. The number of carbonyl (C=O) groups is 3. The third-order valence-corrected chi connectivity index (χ3v) is 7.18. The van der Waals surface area contributed by atoms with E-state index in [1.807, 2.05) is 11.0 Å². The highest BCUT2D eigenvalue weighted by atomic mass is 19.1. The van der Waals surface area contributed by atoms with E-state index in [4.69, 9.17) is 4.74 Å². The first-order chi connectivity index (χ1) is 20.0. The Morgan fingerprint density at radius 2 is 1.81 bits per heavy atom. The second-order valence-corrected chi connectivity index (χ2v) is 11.6. The maximum Gasteiger partial charge on any atom is 0.408 e. The van der Waals surface area contributed by atoms with Crippen LogP contribution in [0.2, 0.25) is 0 Å². The van der Waals surface area contributed by atoms with E-state index in [9.17, 15) is 18.8 Å². The molecular formula is C30H40F2N6O4. The highest BCUT2D eigenvalue weighted by molar-refractivity contribution is 5.99. The van der Waals surface area contributed by atoms with Crippen LogP contribution in [0.15, 0.2) is 30.3 Å². The van der Waals surface area contributed by atoms with Crippen molar-refractivity contribution in [2.45, 2.75) is 64.5 Å². The summed E-state index contributed by atoms with van der Waals surface area (Å²) < 4.78 is 34.0. The van der Waals surface area contributed by atoms with Crippen molar-refractivity contribution in [1.82, 2.24) is 20.5 Å². The molecule has 2 saturated heterocycles. The molecule has 0 unspecified atom stereocenters. The SMILES string of the molecule is CC(C)(C)OC(=O)NCC(=O)N1CCC[C@@H]1CNC(=O)c1cc(F)c(N2CCCC2)nc1NCCc1cccc(F)c1. The number of amides is 3. The zero-order valence-electron chi connectivity index (χ0n) is 24.5. The second-order valence-electron chi connectivity index (χ2n) is 11.6. The molecule has 2 aliphatic heterocycles. The largest absolute Gasteiger partial charge is 0.444 e. The number of ether oxygens (including phenoxy) is 1. The number of likely N-dealkylation sites (tertiary alicyclic amines) is 1. The van der Waals surface area contributed by atoms with E-state index < -0.39 is 23.4 Å². The smallest absolute Gasteiger partial charge is 0.408 e. The Morgan fingerprint density at radius 3 is 2.52 bits per heavy atom. The van der Waals surface area contributed by atoms with Gasteiger partial charge >= 0.3 is 6.09 Å². The maximum absolute atomic E-state index is 15.2. The topological polar surface area (TPSA) is 116 Å². The summed E-state index contributed by atoms with van der Waals surface area (Å²) in [7, 11) is 0. The number of halogens is 2. The van der Waals surface area contributed by atoms with E-state index >= 15 is 4.39 Å². The van der Waals surface area contributed by atoms with Crippen LogP contribution in [-0.4, -0.2) is 78.7 Å². The molecule has 10 nitrogen and oxygen atoms in total. The standard InChI is InChI=1S/C30H40F2N6O4/c1-30(2,3)42-29(41)35-19-25(39)38-15-7-10-22(38)18-34-28(40)23-17-24(32)27(37-13-4-5-14-37)36-26(23)33-12-11-20-8-6-9-21(31)16-20/h6,8-9,16-17,22H,4-5,7,10-15,18-19H2,1-3H3,(H,33,36)(H,34,40)(H,35,41)/t22-/m1/s1. The van der Waals surface area contributed by atoms with Gasteiger partial charge in [-0.15, -0.1) is 0 Å². The van der Waals surface area contributed by atoms with Gasteiger partial charge in [-0.25, -0.2) is 18.6 Å². The van der Waals surface area contributed by atoms with Crippen molar-refractivity contribution in [3.8, 4) is 0 Å². The van der Waals surface area contributed by atoms with E-state index in [1.165, 1.54) is 18.2 Å². The summed E-state index contributed by atoms with van der Waals surface area (Å²) in [5.74, 6) is -1.27. The van der Waals surface area contributed by atoms with E-state index in [-0.39, 0.29) is 48.1 Å². The van der Waals surface area contributed by atoms with Crippen molar-refractivity contribution in [2.24, 2.45) is 0 Å². The maximum atomic E-state index is 15.2.